The number of ether oxygens (including phenoxy) is 2. The number of amides is 2. The summed E-state index contributed by atoms with van der Waals surface area (Å²) in [5, 5.41) is 17.4. The minimum Gasteiger partial charge on any atom is -0.406 e. The standard InChI is InChI=1S/C25H26F3N5O5S/c26-25(27,28)38-19-5-3-18(4-6-19)32-23(36)20-2-1-8-31-24(20)39-16-17-7-9-30-21(14-17)33-22(35)15-29-10-12-37-13-11-34/h1-9,14,29,34H,10-13,15-16H2,(H,32,36)(H,30,33,35). The highest BCUT2D eigenvalue weighted by Crippen LogP contribution is 2.27. The number of halogens is 3. The van der Waals surface area contributed by atoms with E-state index in [1.807, 2.05) is 0 Å². The summed E-state index contributed by atoms with van der Waals surface area (Å²) in [6, 6.07) is 11.5. The zero-order valence-electron chi connectivity index (χ0n) is 20.5. The number of thioether (sulfide) groups is 1. The highest BCUT2D eigenvalue weighted by molar-refractivity contribution is 7.98. The molecule has 4 N–H and O–H groups in total. The molecule has 39 heavy (non-hydrogen) atoms. The number of nitrogens with one attached hydrogen (secondary N) is 3. The van der Waals surface area contributed by atoms with E-state index in [0.717, 1.165) is 17.7 Å². The Morgan fingerprint density at radius 2 is 1.79 bits per heavy atom. The number of carbonyl (C=O) groups excluding carboxylic acids is 2. The molecule has 1 aromatic carbocycles. The van der Waals surface area contributed by atoms with Crippen molar-refractivity contribution in [3.05, 3.63) is 72.1 Å². The molecule has 0 atom stereocenters. The summed E-state index contributed by atoms with van der Waals surface area (Å²) in [6.07, 6.45) is -1.70. The summed E-state index contributed by atoms with van der Waals surface area (Å²) in [5.74, 6) is -0.366. The average molecular weight is 566 g/mol. The molecule has 0 unspecified atom stereocenters. The first-order valence-corrected chi connectivity index (χ1v) is 12.6. The van der Waals surface area contributed by atoms with Crippen molar-refractivity contribution in [2.45, 2.75) is 17.1 Å². The van der Waals surface area contributed by atoms with Crippen LogP contribution < -0.4 is 20.7 Å². The van der Waals surface area contributed by atoms with Crippen LogP contribution in [0.15, 0.2) is 66.0 Å². The van der Waals surface area contributed by atoms with E-state index in [0.29, 0.717) is 29.7 Å². The Bertz CT molecular complexity index is 1230. The van der Waals surface area contributed by atoms with Crippen LogP contribution in [0.25, 0.3) is 0 Å². The molecule has 0 spiro atoms. The van der Waals surface area contributed by atoms with Crippen LogP contribution in [0.2, 0.25) is 0 Å². The fourth-order valence-corrected chi connectivity index (χ4v) is 4.04. The number of pyridine rings is 2. The molecule has 0 saturated heterocycles. The summed E-state index contributed by atoms with van der Waals surface area (Å²) in [6.45, 7) is 1.07. The monoisotopic (exact) mass is 565 g/mol. The van der Waals surface area contributed by atoms with Crippen molar-refractivity contribution in [2.75, 3.05) is 43.5 Å². The molecule has 10 nitrogen and oxygen atoms in total. The second-order valence-electron chi connectivity index (χ2n) is 7.78. The topological polar surface area (TPSA) is 135 Å². The third-order valence-corrected chi connectivity index (χ3v) is 5.85. The minimum atomic E-state index is -4.80. The van der Waals surface area contributed by atoms with Crippen LogP contribution in [0.3, 0.4) is 0 Å². The van der Waals surface area contributed by atoms with Gasteiger partial charge in [-0.15, -0.1) is 24.9 Å². The van der Waals surface area contributed by atoms with Crippen LogP contribution in [-0.2, 0) is 15.3 Å². The third-order valence-electron chi connectivity index (χ3n) is 4.77. The Morgan fingerprint density at radius 1 is 1.00 bits per heavy atom. The van der Waals surface area contributed by atoms with Gasteiger partial charge in [-0.1, -0.05) is 0 Å². The van der Waals surface area contributed by atoms with E-state index in [4.69, 9.17) is 9.84 Å². The van der Waals surface area contributed by atoms with Crippen molar-refractivity contribution in [1.82, 2.24) is 15.3 Å². The van der Waals surface area contributed by atoms with Crippen molar-refractivity contribution < 1.29 is 37.3 Å². The van der Waals surface area contributed by atoms with Crippen LogP contribution in [-0.4, -0.2) is 66.2 Å². The lowest BCUT2D eigenvalue weighted by atomic mass is 10.2. The second kappa shape index (κ2) is 15.0. The van der Waals surface area contributed by atoms with Crippen molar-refractivity contribution >= 4 is 35.1 Å². The van der Waals surface area contributed by atoms with Gasteiger partial charge in [0.1, 0.15) is 16.6 Å². The molecule has 3 aromatic rings. The second-order valence-corrected chi connectivity index (χ2v) is 8.75. The van der Waals surface area contributed by atoms with E-state index < -0.39 is 18.0 Å². The molecular weight excluding hydrogens is 539 g/mol. The van der Waals surface area contributed by atoms with E-state index in [2.05, 4.69) is 30.7 Å². The Balaban J connectivity index is 1.53. The molecule has 0 aliphatic carbocycles. The Hall–Kier alpha value is -3.72. The van der Waals surface area contributed by atoms with Gasteiger partial charge in [0.2, 0.25) is 5.91 Å². The number of rotatable bonds is 14. The predicted octanol–water partition coefficient (Wildman–Crippen LogP) is 3.46. The molecule has 2 heterocycles. The fourth-order valence-electron chi connectivity index (χ4n) is 3.10. The molecular formula is C25H26F3N5O5S. The summed E-state index contributed by atoms with van der Waals surface area (Å²) in [7, 11) is 0. The molecule has 2 aromatic heterocycles. The van der Waals surface area contributed by atoms with E-state index in [1.54, 1.807) is 36.7 Å². The van der Waals surface area contributed by atoms with Crippen molar-refractivity contribution in [1.29, 1.82) is 0 Å². The molecule has 208 valence electrons. The summed E-state index contributed by atoms with van der Waals surface area (Å²) >= 11 is 1.30. The van der Waals surface area contributed by atoms with Crippen LogP contribution in [0.5, 0.6) is 5.75 Å². The van der Waals surface area contributed by atoms with Crippen molar-refractivity contribution in [2.24, 2.45) is 0 Å². The van der Waals surface area contributed by atoms with Gasteiger partial charge in [0.05, 0.1) is 31.9 Å². The van der Waals surface area contributed by atoms with Gasteiger partial charge in [0.25, 0.3) is 5.91 Å². The van der Waals surface area contributed by atoms with Crippen LogP contribution in [0, 0.1) is 0 Å². The number of aromatic nitrogens is 2. The van der Waals surface area contributed by atoms with Crippen LogP contribution in [0.1, 0.15) is 15.9 Å². The molecule has 0 aliphatic rings. The third kappa shape index (κ3) is 10.9. The first kappa shape index (κ1) is 29.8. The minimum absolute atomic E-state index is 0.0583. The van der Waals surface area contributed by atoms with E-state index in [-0.39, 0.29) is 36.9 Å². The smallest absolute Gasteiger partial charge is 0.406 e. The highest BCUT2D eigenvalue weighted by Gasteiger charge is 2.31. The maximum atomic E-state index is 12.8. The maximum absolute atomic E-state index is 12.8. The summed E-state index contributed by atoms with van der Waals surface area (Å²) < 4.78 is 46.0. The van der Waals surface area contributed by atoms with Gasteiger partial charge < -0.3 is 30.5 Å². The Kier molecular flexibility index (Phi) is 11.5. The molecule has 0 fully saturated rings. The van der Waals surface area contributed by atoms with Gasteiger partial charge in [0, 0.05) is 30.4 Å². The molecule has 2 amide bonds. The fraction of sp³-hybridized carbons (Fsp3) is 0.280. The quantitative estimate of drug-likeness (QED) is 0.171. The lowest BCUT2D eigenvalue weighted by Gasteiger charge is -2.11. The normalized spacial score (nSPS) is 11.2. The van der Waals surface area contributed by atoms with Crippen molar-refractivity contribution in [3.63, 3.8) is 0 Å². The van der Waals surface area contributed by atoms with E-state index in [9.17, 15) is 22.8 Å². The van der Waals surface area contributed by atoms with E-state index >= 15 is 0 Å². The van der Waals surface area contributed by atoms with Gasteiger partial charge in [0.15, 0.2) is 0 Å². The largest absolute Gasteiger partial charge is 0.573 e. The Labute approximate surface area is 226 Å². The molecule has 0 bridgehead atoms. The van der Waals surface area contributed by atoms with Gasteiger partial charge in [-0.25, -0.2) is 9.97 Å². The van der Waals surface area contributed by atoms with Gasteiger partial charge in [-0.05, 0) is 54.1 Å². The number of alkyl halides is 3. The summed E-state index contributed by atoms with van der Waals surface area (Å²) in [4.78, 5) is 33.4. The van der Waals surface area contributed by atoms with Gasteiger partial charge in [-0.2, -0.15) is 0 Å². The maximum Gasteiger partial charge on any atom is 0.573 e. The van der Waals surface area contributed by atoms with Gasteiger partial charge >= 0.3 is 6.36 Å². The number of hydrogen-bond donors (Lipinski definition) is 4. The van der Waals surface area contributed by atoms with Crippen molar-refractivity contribution in [3.8, 4) is 5.75 Å². The lowest BCUT2D eigenvalue weighted by molar-refractivity contribution is -0.274. The number of nitrogens with zero attached hydrogens (tertiary/aromatic N) is 2. The Morgan fingerprint density at radius 3 is 2.54 bits per heavy atom. The molecule has 14 heteroatoms. The molecule has 0 aliphatic heterocycles. The molecule has 0 radical (unpaired) electrons. The highest BCUT2D eigenvalue weighted by atomic mass is 32.2. The number of aliphatic hydroxyl groups is 1. The first-order valence-electron chi connectivity index (χ1n) is 11.6. The van der Waals surface area contributed by atoms with E-state index in [1.165, 1.54) is 23.9 Å². The first-order chi connectivity index (χ1) is 18.7. The molecule has 0 saturated carbocycles. The zero-order chi connectivity index (χ0) is 28.1. The predicted molar refractivity (Wildman–Crippen MR) is 139 cm³/mol. The van der Waals surface area contributed by atoms with Crippen LogP contribution >= 0.6 is 11.8 Å². The average Bonchev–Trinajstić information content (AvgIpc) is 2.90. The number of anilines is 2. The number of hydrogen-bond acceptors (Lipinski definition) is 9. The van der Waals surface area contributed by atoms with Gasteiger partial charge in [-0.3, -0.25) is 9.59 Å². The number of carbonyl (C=O) groups is 2. The molecule has 3 rings (SSSR count). The summed E-state index contributed by atoms with van der Waals surface area (Å²) in [5.41, 5.74) is 1.40. The number of benzene rings is 1. The lowest BCUT2D eigenvalue weighted by Crippen LogP contribution is -2.30. The SMILES string of the molecule is O=C(CNCCOCCO)Nc1cc(CSc2ncccc2C(=O)Nc2ccc(OC(F)(F)F)cc2)ccn1. The number of aliphatic hydroxyl groups excluding tert-OH is 1. The van der Waals surface area contributed by atoms with Crippen LogP contribution in [0.4, 0.5) is 24.7 Å². The zero-order valence-corrected chi connectivity index (χ0v) is 21.3.